The Morgan fingerprint density at radius 3 is 2.88 bits per heavy atom. The standard InChI is InChI=1S/C19H18ClFN2O3/c1-26-15-4-2-3-12(7-15)10-22-19(25)13-8-18(24)23(11-13)14-5-6-17(21)16(20)9-14/h2-7,9,13H,8,10-11H2,1H3,(H,22,25)/t13-/m1/s1. The Morgan fingerprint density at radius 2 is 2.15 bits per heavy atom. The van der Waals surface area contributed by atoms with Gasteiger partial charge in [0.05, 0.1) is 18.1 Å². The Hall–Kier alpha value is -2.60. The Labute approximate surface area is 155 Å². The largest absolute Gasteiger partial charge is 0.497 e. The molecule has 0 aliphatic carbocycles. The number of methoxy groups -OCH3 is 1. The minimum atomic E-state index is -0.547. The third-order valence-corrected chi connectivity index (χ3v) is 4.60. The molecule has 0 bridgehead atoms. The number of anilines is 1. The first-order valence-electron chi connectivity index (χ1n) is 8.14. The summed E-state index contributed by atoms with van der Waals surface area (Å²) >= 11 is 5.78. The molecule has 1 saturated heterocycles. The number of amides is 2. The highest BCUT2D eigenvalue weighted by molar-refractivity contribution is 6.31. The van der Waals surface area contributed by atoms with Gasteiger partial charge < -0.3 is 15.0 Å². The fraction of sp³-hybridized carbons (Fsp3) is 0.263. The number of ether oxygens (including phenoxy) is 1. The van der Waals surface area contributed by atoms with Crippen molar-refractivity contribution in [3.05, 3.63) is 58.9 Å². The van der Waals surface area contributed by atoms with Crippen molar-refractivity contribution in [2.75, 3.05) is 18.6 Å². The summed E-state index contributed by atoms with van der Waals surface area (Å²) in [5.41, 5.74) is 1.40. The summed E-state index contributed by atoms with van der Waals surface area (Å²) in [5, 5.41) is 2.79. The Balaban J connectivity index is 1.62. The molecule has 1 aliphatic heterocycles. The van der Waals surface area contributed by atoms with E-state index in [-0.39, 0.29) is 29.8 Å². The highest BCUT2D eigenvalue weighted by atomic mass is 35.5. The van der Waals surface area contributed by atoms with Gasteiger partial charge in [-0.25, -0.2) is 4.39 Å². The molecule has 0 saturated carbocycles. The van der Waals surface area contributed by atoms with Gasteiger partial charge in [0.2, 0.25) is 11.8 Å². The van der Waals surface area contributed by atoms with E-state index < -0.39 is 11.7 Å². The molecule has 3 rings (SSSR count). The van der Waals surface area contributed by atoms with E-state index in [1.807, 2.05) is 24.3 Å². The molecule has 0 aromatic heterocycles. The first kappa shape index (κ1) is 18.2. The zero-order chi connectivity index (χ0) is 18.7. The molecule has 0 spiro atoms. The summed E-state index contributed by atoms with van der Waals surface area (Å²) in [6.45, 7) is 0.591. The second kappa shape index (κ2) is 7.74. The fourth-order valence-electron chi connectivity index (χ4n) is 2.90. The normalized spacial score (nSPS) is 16.7. The molecule has 2 aromatic carbocycles. The summed E-state index contributed by atoms with van der Waals surface area (Å²) in [5.74, 6) is -0.676. The van der Waals surface area contributed by atoms with Gasteiger partial charge >= 0.3 is 0 Å². The molecule has 136 valence electrons. The number of carbonyl (C=O) groups excluding carboxylic acids is 2. The highest BCUT2D eigenvalue weighted by Gasteiger charge is 2.35. The first-order chi connectivity index (χ1) is 12.5. The van der Waals surface area contributed by atoms with E-state index in [0.29, 0.717) is 18.0 Å². The Bertz CT molecular complexity index is 843. The van der Waals surface area contributed by atoms with Crippen LogP contribution < -0.4 is 15.0 Å². The number of nitrogens with one attached hydrogen (secondary N) is 1. The summed E-state index contributed by atoms with van der Waals surface area (Å²) in [4.78, 5) is 26.1. The molecular weight excluding hydrogens is 359 g/mol. The minimum Gasteiger partial charge on any atom is -0.497 e. The van der Waals surface area contributed by atoms with Gasteiger partial charge in [-0.2, -0.15) is 0 Å². The first-order valence-corrected chi connectivity index (χ1v) is 8.52. The smallest absolute Gasteiger partial charge is 0.227 e. The summed E-state index contributed by atoms with van der Waals surface area (Å²) in [7, 11) is 1.58. The van der Waals surface area contributed by atoms with Crippen molar-refractivity contribution >= 4 is 29.1 Å². The number of nitrogens with zero attached hydrogens (tertiary/aromatic N) is 1. The quantitative estimate of drug-likeness (QED) is 0.872. The predicted octanol–water partition coefficient (Wildman–Crippen LogP) is 3.16. The van der Waals surface area contributed by atoms with E-state index >= 15 is 0 Å². The van der Waals surface area contributed by atoms with Crippen LogP contribution in [0.3, 0.4) is 0 Å². The van der Waals surface area contributed by atoms with Gasteiger partial charge in [0.15, 0.2) is 0 Å². The number of hydrogen-bond donors (Lipinski definition) is 1. The molecule has 1 fully saturated rings. The average Bonchev–Trinajstić information content (AvgIpc) is 3.04. The lowest BCUT2D eigenvalue weighted by molar-refractivity contribution is -0.126. The topological polar surface area (TPSA) is 58.6 Å². The lowest BCUT2D eigenvalue weighted by Gasteiger charge is -2.17. The third-order valence-electron chi connectivity index (χ3n) is 4.31. The van der Waals surface area contributed by atoms with Crippen molar-refractivity contribution in [3.8, 4) is 5.75 Å². The predicted molar refractivity (Wildman–Crippen MR) is 96.7 cm³/mol. The monoisotopic (exact) mass is 376 g/mol. The molecule has 5 nitrogen and oxygen atoms in total. The Morgan fingerprint density at radius 1 is 1.35 bits per heavy atom. The third kappa shape index (κ3) is 3.96. The van der Waals surface area contributed by atoms with Crippen LogP contribution in [0.2, 0.25) is 5.02 Å². The summed E-state index contributed by atoms with van der Waals surface area (Å²) < 4.78 is 18.5. The van der Waals surface area contributed by atoms with E-state index in [1.54, 1.807) is 7.11 Å². The van der Waals surface area contributed by atoms with Crippen LogP contribution in [-0.2, 0) is 16.1 Å². The van der Waals surface area contributed by atoms with Gasteiger partial charge in [-0.1, -0.05) is 23.7 Å². The summed E-state index contributed by atoms with van der Waals surface area (Å²) in [6.07, 6.45) is 0.110. The molecule has 2 amide bonds. The number of rotatable bonds is 5. The van der Waals surface area contributed by atoms with Gasteiger partial charge in [-0.3, -0.25) is 9.59 Å². The van der Waals surface area contributed by atoms with Crippen molar-refractivity contribution < 1.29 is 18.7 Å². The van der Waals surface area contributed by atoms with E-state index in [0.717, 1.165) is 5.56 Å². The van der Waals surface area contributed by atoms with Crippen LogP contribution in [0.15, 0.2) is 42.5 Å². The van der Waals surface area contributed by atoms with Gasteiger partial charge in [0.1, 0.15) is 11.6 Å². The molecule has 1 aliphatic rings. The van der Waals surface area contributed by atoms with Crippen LogP contribution >= 0.6 is 11.6 Å². The lowest BCUT2D eigenvalue weighted by atomic mass is 10.1. The van der Waals surface area contributed by atoms with Gasteiger partial charge in [0, 0.05) is 25.2 Å². The van der Waals surface area contributed by atoms with Crippen molar-refractivity contribution in [2.24, 2.45) is 5.92 Å². The van der Waals surface area contributed by atoms with Gasteiger partial charge in [-0.05, 0) is 35.9 Å². The molecule has 7 heteroatoms. The molecule has 26 heavy (non-hydrogen) atoms. The van der Waals surface area contributed by atoms with Gasteiger partial charge in [0.25, 0.3) is 0 Å². The zero-order valence-corrected chi connectivity index (χ0v) is 14.9. The highest BCUT2D eigenvalue weighted by Crippen LogP contribution is 2.28. The van der Waals surface area contributed by atoms with E-state index in [9.17, 15) is 14.0 Å². The molecule has 1 N–H and O–H groups in total. The number of hydrogen-bond acceptors (Lipinski definition) is 3. The maximum atomic E-state index is 13.3. The van der Waals surface area contributed by atoms with Crippen LogP contribution in [0.1, 0.15) is 12.0 Å². The molecule has 1 atom stereocenters. The van der Waals surface area contributed by atoms with E-state index in [1.165, 1.54) is 23.1 Å². The lowest BCUT2D eigenvalue weighted by Crippen LogP contribution is -2.32. The van der Waals surface area contributed by atoms with Crippen molar-refractivity contribution in [3.63, 3.8) is 0 Å². The SMILES string of the molecule is COc1cccc(CNC(=O)[C@@H]2CC(=O)N(c3ccc(F)c(Cl)c3)C2)c1. The second-order valence-electron chi connectivity index (χ2n) is 6.07. The van der Waals surface area contributed by atoms with Gasteiger partial charge in [-0.15, -0.1) is 0 Å². The molecule has 1 heterocycles. The molecule has 0 unspecified atom stereocenters. The molecule has 0 radical (unpaired) electrons. The second-order valence-corrected chi connectivity index (χ2v) is 6.48. The number of carbonyl (C=O) groups is 2. The number of benzene rings is 2. The van der Waals surface area contributed by atoms with Crippen LogP contribution in [0.4, 0.5) is 10.1 Å². The average molecular weight is 377 g/mol. The van der Waals surface area contributed by atoms with Crippen molar-refractivity contribution in [2.45, 2.75) is 13.0 Å². The van der Waals surface area contributed by atoms with Crippen LogP contribution in [0, 0.1) is 11.7 Å². The minimum absolute atomic E-state index is 0.0544. The summed E-state index contributed by atoms with van der Waals surface area (Å²) in [6, 6.07) is 11.5. The van der Waals surface area contributed by atoms with Crippen LogP contribution in [0.5, 0.6) is 5.75 Å². The zero-order valence-electron chi connectivity index (χ0n) is 14.2. The van der Waals surface area contributed by atoms with Crippen molar-refractivity contribution in [1.82, 2.24) is 5.32 Å². The number of halogens is 2. The maximum Gasteiger partial charge on any atom is 0.227 e. The van der Waals surface area contributed by atoms with E-state index in [4.69, 9.17) is 16.3 Å². The molecular formula is C19H18ClFN2O3. The molecule has 2 aromatic rings. The Kier molecular flexibility index (Phi) is 5.42. The van der Waals surface area contributed by atoms with Crippen molar-refractivity contribution in [1.29, 1.82) is 0 Å². The maximum absolute atomic E-state index is 13.3. The van der Waals surface area contributed by atoms with E-state index in [2.05, 4.69) is 5.32 Å². The van der Waals surface area contributed by atoms with Crippen LogP contribution in [-0.4, -0.2) is 25.5 Å². The fourth-order valence-corrected chi connectivity index (χ4v) is 3.08. The van der Waals surface area contributed by atoms with Crippen LogP contribution in [0.25, 0.3) is 0 Å².